The van der Waals surface area contributed by atoms with Gasteiger partial charge in [0.2, 0.25) is 5.88 Å². The van der Waals surface area contributed by atoms with Gasteiger partial charge in [-0.1, -0.05) is 53.5 Å². The van der Waals surface area contributed by atoms with Gasteiger partial charge >= 0.3 is 0 Å². The third-order valence-corrected chi connectivity index (χ3v) is 7.49. The summed E-state index contributed by atoms with van der Waals surface area (Å²) in [5.74, 6) is 0.213. The molecule has 0 aliphatic carbocycles. The van der Waals surface area contributed by atoms with Gasteiger partial charge in [0.1, 0.15) is 0 Å². The van der Waals surface area contributed by atoms with Crippen LogP contribution in [0.5, 0.6) is 5.88 Å². The van der Waals surface area contributed by atoms with Crippen LogP contribution >= 0.6 is 23.2 Å². The van der Waals surface area contributed by atoms with E-state index in [-0.39, 0.29) is 11.8 Å². The summed E-state index contributed by atoms with van der Waals surface area (Å²) in [6.07, 6.45) is 1.53. The number of pyridine rings is 1. The molecule has 5 rings (SSSR count). The smallest absolute Gasteiger partial charge is 0.291 e. The van der Waals surface area contributed by atoms with Gasteiger partial charge < -0.3 is 19.5 Å². The molecular formula is C28H25Cl2N5O3. The van der Waals surface area contributed by atoms with Crippen LogP contribution in [0.25, 0.3) is 22.4 Å². The average Bonchev–Trinajstić information content (AvgIpc) is 3.25. The lowest BCUT2D eigenvalue weighted by molar-refractivity contribution is 0.101. The number of ether oxygens (including phenoxy) is 1. The number of fused-ring (bicyclic) bond motifs is 1. The molecule has 2 aromatic heterocycles. The number of methoxy groups -OCH3 is 1. The van der Waals surface area contributed by atoms with Gasteiger partial charge in [-0.25, -0.2) is 9.97 Å². The Bertz CT molecular complexity index is 1570. The Labute approximate surface area is 230 Å². The first kappa shape index (κ1) is 25.9. The number of carbonyl (C=O) groups is 2. The molecule has 0 unspecified atom stereocenters. The van der Waals surface area contributed by atoms with E-state index >= 15 is 0 Å². The number of aromatic nitrogens is 3. The summed E-state index contributed by atoms with van der Waals surface area (Å²) >= 11 is 13.7. The molecule has 1 amide bonds. The standard InChI is InChI=1S/C28H25Cl2N5O3/c1-34-13-12-23-22(14-34)31-26(35(23)2)27(37)32-21-9-5-7-18(25(21)30)17-6-4-8-19(24(17)29)20-11-10-16(15-36)28(33-20)38-3/h4-11,15H,12-14H2,1-3H3,(H,32,37). The lowest BCUT2D eigenvalue weighted by Gasteiger charge is -2.21. The van der Waals surface area contributed by atoms with E-state index in [2.05, 4.69) is 20.2 Å². The van der Waals surface area contributed by atoms with Crippen molar-refractivity contribution in [2.45, 2.75) is 13.0 Å². The Morgan fingerprint density at radius 2 is 1.71 bits per heavy atom. The normalized spacial score (nSPS) is 13.2. The molecule has 10 heteroatoms. The average molecular weight is 550 g/mol. The summed E-state index contributed by atoms with van der Waals surface area (Å²) in [5, 5.41) is 3.69. The summed E-state index contributed by atoms with van der Waals surface area (Å²) in [7, 11) is 5.35. The summed E-state index contributed by atoms with van der Waals surface area (Å²) in [5.41, 5.74) is 5.29. The van der Waals surface area contributed by atoms with Crippen molar-refractivity contribution >= 4 is 41.1 Å². The molecule has 0 fully saturated rings. The van der Waals surface area contributed by atoms with Crippen molar-refractivity contribution in [3.05, 3.63) is 81.4 Å². The molecule has 3 heterocycles. The Kier molecular flexibility index (Phi) is 7.21. The molecule has 0 bridgehead atoms. The number of carbonyl (C=O) groups excluding carboxylic acids is 2. The number of nitrogens with zero attached hydrogens (tertiary/aromatic N) is 4. The van der Waals surface area contributed by atoms with E-state index in [1.165, 1.54) is 7.11 Å². The highest BCUT2D eigenvalue weighted by Gasteiger charge is 2.25. The van der Waals surface area contributed by atoms with Crippen molar-refractivity contribution in [2.75, 3.05) is 26.0 Å². The maximum atomic E-state index is 13.2. The monoisotopic (exact) mass is 549 g/mol. The zero-order chi connectivity index (χ0) is 27.0. The number of hydrogen-bond acceptors (Lipinski definition) is 6. The number of aldehydes is 1. The molecule has 2 aromatic carbocycles. The first-order valence-electron chi connectivity index (χ1n) is 11.9. The molecule has 1 N–H and O–H groups in total. The topological polar surface area (TPSA) is 89.3 Å². The van der Waals surface area contributed by atoms with Gasteiger partial charge in [-0.2, -0.15) is 0 Å². The predicted octanol–water partition coefficient (Wildman–Crippen LogP) is 5.52. The number of halogens is 2. The van der Waals surface area contributed by atoms with Gasteiger partial charge in [-0.15, -0.1) is 0 Å². The Morgan fingerprint density at radius 3 is 2.45 bits per heavy atom. The molecule has 0 radical (unpaired) electrons. The molecule has 8 nitrogen and oxygen atoms in total. The van der Waals surface area contributed by atoms with Crippen molar-refractivity contribution in [2.24, 2.45) is 7.05 Å². The molecule has 0 saturated carbocycles. The number of benzene rings is 2. The second-order valence-corrected chi connectivity index (χ2v) is 9.83. The van der Waals surface area contributed by atoms with Crippen LogP contribution in [0, 0.1) is 0 Å². The number of likely N-dealkylation sites (N-methyl/N-ethyl adjacent to an activating group) is 1. The zero-order valence-electron chi connectivity index (χ0n) is 21.1. The number of nitrogens with one attached hydrogen (secondary N) is 1. The van der Waals surface area contributed by atoms with E-state index in [9.17, 15) is 9.59 Å². The van der Waals surface area contributed by atoms with E-state index in [0.717, 1.165) is 24.4 Å². The Morgan fingerprint density at radius 1 is 1.00 bits per heavy atom. The highest BCUT2D eigenvalue weighted by Crippen LogP contribution is 2.41. The lowest BCUT2D eigenvalue weighted by atomic mass is 10.00. The van der Waals surface area contributed by atoms with Gasteiger partial charge in [-0.05, 0) is 25.2 Å². The summed E-state index contributed by atoms with van der Waals surface area (Å²) in [6.45, 7) is 1.63. The molecule has 4 aromatic rings. The van der Waals surface area contributed by atoms with Gasteiger partial charge in [0, 0.05) is 48.9 Å². The van der Waals surface area contributed by atoms with Crippen molar-refractivity contribution in [3.63, 3.8) is 0 Å². The highest BCUT2D eigenvalue weighted by molar-refractivity contribution is 6.39. The molecule has 0 spiro atoms. The van der Waals surface area contributed by atoms with Crippen LogP contribution in [0.1, 0.15) is 32.4 Å². The molecule has 38 heavy (non-hydrogen) atoms. The number of imidazole rings is 1. The van der Waals surface area contributed by atoms with Crippen LogP contribution in [-0.4, -0.2) is 52.3 Å². The lowest BCUT2D eigenvalue weighted by Crippen LogP contribution is -2.27. The van der Waals surface area contributed by atoms with E-state index < -0.39 is 0 Å². The maximum Gasteiger partial charge on any atom is 0.291 e. The van der Waals surface area contributed by atoms with Crippen LogP contribution in [-0.2, 0) is 20.0 Å². The number of amides is 1. The van der Waals surface area contributed by atoms with Crippen LogP contribution < -0.4 is 10.1 Å². The second-order valence-electron chi connectivity index (χ2n) is 9.08. The van der Waals surface area contributed by atoms with Crippen LogP contribution in [0.4, 0.5) is 5.69 Å². The molecule has 0 saturated heterocycles. The largest absolute Gasteiger partial charge is 0.480 e. The second kappa shape index (κ2) is 10.6. The first-order chi connectivity index (χ1) is 18.3. The fraction of sp³-hybridized carbons (Fsp3) is 0.214. The van der Waals surface area contributed by atoms with Crippen molar-refractivity contribution < 1.29 is 14.3 Å². The van der Waals surface area contributed by atoms with Crippen molar-refractivity contribution in [1.29, 1.82) is 0 Å². The summed E-state index contributed by atoms with van der Waals surface area (Å²) in [6, 6.07) is 14.2. The quantitative estimate of drug-likeness (QED) is 0.318. The van der Waals surface area contributed by atoms with Crippen molar-refractivity contribution in [3.8, 4) is 28.3 Å². The van der Waals surface area contributed by atoms with Gasteiger partial charge in [0.05, 0.1) is 39.8 Å². The minimum absolute atomic E-state index is 0.212. The predicted molar refractivity (Wildman–Crippen MR) is 148 cm³/mol. The number of hydrogen-bond donors (Lipinski definition) is 1. The van der Waals surface area contributed by atoms with E-state index in [4.69, 9.17) is 27.9 Å². The van der Waals surface area contributed by atoms with E-state index in [1.54, 1.807) is 24.3 Å². The minimum atomic E-state index is -0.338. The third-order valence-electron chi connectivity index (χ3n) is 6.67. The number of rotatable bonds is 6. The molecule has 1 aliphatic heterocycles. The third kappa shape index (κ3) is 4.67. The zero-order valence-corrected chi connectivity index (χ0v) is 22.6. The number of anilines is 1. The van der Waals surface area contributed by atoms with Crippen LogP contribution in [0.15, 0.2) is 48.5 Å². The summed E-state index contributed by atoms with van der Waals surface area (Å²) in [4.78, 5) is 35.7. The van der Waals surface area contributed by atoms with E-state index in [0.29, 0.717) is 62.3 Å². The van der Waals surface area contributed by atoms with Gasteiger partial charge in [0.25, 0.3) is 5.91 Å². The van der Waals surface area contributed by atoms with E-state index in [1.807, 2.05) is 42.9 Å². The fourth-order valence-electron chi connectivity index (χ4n) is 4.67. The van der Waals surface area contributed by atoms with Crippen LogP contribution in [0.2, 0.25) is 10.0 Å². The van der Waals surface area contributed by atoms with Gasteiger partial charge in [0.15, 0.2) is 12.1 Å². The van der Waals surface area contributed by atoms with Crippen LogP contribution in [0.3, 0.4) is 0 Å². The maximum absolute atomic E-state index is 13.2. The summed E-state index contributed by atoms with van der Waals surface area (Å²) < 4.78 is 7.10. The van der Waals surface area contributed by atoms with Crippen molar-refractivity contribution in [1.82, 2.24) is 19.4 Å². The molecular weight excluding hydrogens is 525 g/mol. The van der Waals surface area contributed by atoms with Gasteiger partial charge in [-0.3, -0.25) is 9.59 Å². The minimum Gasteiger partial charge on any atom is -0.480 e. The first-order valence-corrected chi connectivity index (χ1v) is 12.7. The Hall–Kier alpha value is -3.72. The molecule has 1 aliphatic rings. The SMILES string of the molecule is COc1nc(-c2cccc(-c3cccc(NC(=O)c4nc5c(n4C)CCN(C)C5)c3Cl)c2Cl)ccc1C=O. The highest BCUT2D eigenvalue weighted by atomic mass is 35.5. The molecule has 194 valence electrons. The Balaban J connectivity index is 1.48. The molecule has 0 atom stereocenters. The fourth-order valence-corrected chi connectivity index (χ4v) is 5.27.